The first kappa shape index (κ1) is 17.9. The second-order valence-electron chi connectivity index (χ2n) is 7.26. The van der Waals surface area contributed by atoms with E-state index in [2.05, 4.69) is 45.6 Å². The van der Waals surface area contributed by atoms with Crippen LogP contribution in [0.5, 0.6) is 0 Å². The van der Waals surface area contributed by atoms with Crippen LogP contribution in [0.3, 0.4) is 0 Å². The molecule has 2 aromatic carbocycles. The van der Waals surface area contributed by atoms with Crippen LogP contribution < -0.4 is 0 Å². The van der Waals surface area contributed by atoms with E-state index >= 15 is 0 Å². The number of halogens is 1. The summed E-state index contributed by atoms with van der Waals surface area (Å²) >= 11 is 3.42. The molecule has 0 aliphatic carbocycles. The van der Waals surface area contributed by atoms with Crippen LogP contribution in [0.1, 0.15) is 27.2 Å². The number of carbonyl (C=O) groups is 1. The number of rotatable bonds is 3. The molecule has 1 amide bonds. The van der Waals surface area contributed by atoms with Gasteiger partial charge in [0.25, 0.3) is 5.91 Å². The first-order valence-corrected chi connectivity index (χ1v) is 10.3. The Hall–Kier alpha value is -3.12. The predicted molar refractivity (Wildman–Crippen MR) is 115 cm³/mol. The Balaban J connectivity index is 1.54. The van der Waals surface area contributed by atoms with Crippen LogP contribution in [-0.4, -0.2) is 25.2 Å². The van der Waals surface area contributed by atoms with Crippen molar-refractivity contribution in [1.29, 1.82) is 0 Å². The molecule has 1 aliphatic rings. The Kier molecular flexibility index (Phi) is 4.36. The monoisotopic (exact) mass is 446 g/mol. The predicted octanol–water partition coefficient (Wildman–Crippen LogP) is 4.89. The molecular formula is C23H19BrN4O. The summed E-state index contributed by atoms with van der Waals surface area (Å²) in [4.78, 5) is 14.8. The topological polar surface area (TPSA) is 43.1 Å². The Morgan fingerprint density at radius 2 is 1.76 bits per heavy atom. The lowest BCUT2D eigenvalue weighted by molar-refractivity contribution is 0.0749. The Bertz CT molecular complexity index is 1190. The summed E-state index contributed by atoms with van der Waals surface area (Å²) in [6, 6.07) is 19.8. The second-order valence-corrected chi connectivity index (χ2v) is 8.17. The summed E-state index contributed by atoms with van der Waals surface area (Å²) in [5.41, 5.74) is 4.93. The first-order valence-electron chi connectivity index (χ1n) is 9.46. The fourth-order valence-electron chi connectivity index (χ4n) is 3.80. The summed E-state index contributed by atoms with van der Waals surface area (Å²) < 4.78 is 5.02. The summed E-state index contributed by atoms with van der Waals surface area (Å²) in [5, 5.41) is 4.89. The highest BCUT2D eigenvalue weighted by Gasteiger charge is 2.31. The van der Waals surface area contributed by atoms with E-state index in [1.807, 2.05) is 64.4 Å². The largest absolute Gasteiger partial charge is 0.328 e. The van der Waals surface area contributed by atoms with Crippen molar-refractivity contribution in [3.63, 3.8) is 0 Å². The molecule has 5 nitrogen and oxygen atoms in total. The molecule has 2 aromatic heterocycles. The number of hydrogen-bond donors (Lipinski definition) is 0. The SMILES string of the molecule is Cc1cccc(-n2nc3c(c2-n2cccc2)CN(C(=O)c2ccc(Br)cc2)C3)c1. The summed E-state index contributed by atoms with van der Waals surface area (Å²) in [6.45, 7) is 3.13. The number of aryl methyl sites for hydroxylation is 1. The molecular weight excluding hydrogens is 428 g/mol. The van der Waals surface area contributed by atoms with E-state index in [0.29, 0.717) is 18.7 Å². The summed E-state index contributed by atoms with van der Waals surface area (Å²) in [6.07, 6.45) is 4.03. The lowest BCUT2D eigenvalue weighted by Gasteiger charge is -2.18. The molecule has 29 heavy (non-hydrogen) atoms. The van der Waals surface area contributed by atoms with Gasteiger partial charge in [0.05, 0.1) is 24.5 Å². The van der Waals surface area contributed by atoms with Gasteiger partial charge in [-0.25, -0.2) is 4.68 Å². The molecule has 5 rings (SSSR count). The van der Waals surface area contributed by atoms with Gasteiger partial charge in [-0.2, -0.15) is 5.10 Å². The normalized spacial score (nSPS) is 13.0. The fraction of sp³-hybridized carbons (Fsp3) is 0.130. The second kappa shape index (κ2) is 7.04. The van der Waals surface area contributed by atoms with Crippen molar-refractivity contribution in [2.24, 2.45) is 0 Å². The maximum absolute atomic E-state index is 13.0. The number of benzene rings is 2. The van der Waals surface area contributed by atoms with Crippen molar-refractivity contribution in [2.75, 3.05) is 0 Å². The van der Waals surface area contributed by atoms with Gasteiger partial charge in [0, 0.05) is 28.0 Å². The van der Waals surface area contributed by atoms with E-state index in [0.717, 1.165) is 27.2 Å². The van der Waals surface area contributed by atoms with Gasteiger partial charge < -0.3 is 9.47 Å². The minimum atomic E-state index is 0.0241. The molecule has 0 saturated heterocycles. The van der Waals surface area contributed by atoms with Crippen molar-refractivity contribution < 1.29 is 4.79 Å². The van der Waals surface area contributed by atoms with Crippen LogP contribution in [0.25, 0.3) is 11.5 Å². The molecule has 6 heteroatoms. The van der Waals surface area contributed by atoms with Gasteiger partial charge in [0.1, 0.15) is 5.82 Å². The zero-order valence-corrected chi connectivity index (χ0v) is 17.5. The number of hydrogen-bond acceptors (Lipinski definition) is 2. The number of aromatic nitrogens is 3. The minimum Gasteiger partial charge on any atom is -0.328 e. The van der Waals surface area contributed by atoms with Crippen molar-refractivity contribution in [2.45, 2.75) is 20.0 Å². The lowest BCUT2D eigenvalue weighted by atomic mass is 10.2. The molecule has 0 saturated carbocycles. The first-order chi connectivity index (χ1) is 14.1. The lowest BCUT2D eigenvalue weighted by Crippen LogP contribution is -2.26. The van der Waals surface area contributed by atoms with Crippen LogP contribution in [0, 0.1) is 6.92 Å². The standard InChI is InChI=1S/C23H19BrN4O/c1-16-5-4-6-19(13-16)28-22(26-11-2-3-12-26)20-14-27(15-21(20)25-28)23(29)17-7-9-18(24)10-8-17/h2-13H,14-15H2,1H3. The van der Waals surface area contributed by atoms with Gasteiger partial charge in [-0.15, -0.1) is 0 Å². The van der Waals surface area contributed by atoms with Crippen molar-refractivity contribution in [1.82, 2.24) is 19.2 Å². The van der Waals surface area contributed by atoms with E-state index in [9.17, 15) is 4.79 Å². The Morgan fingerprint density at radius 3 is 2.48 bits per heavy atom. The number of fused-ring (bicyclic) bond motifs is 1. The molecule has 0 N–H and O–H groups in total. The van der Waals surface area contributed by atoms with Crippen LogP contribution in [0.4, 0.5) is 0 Å². The highest BCUT2D eigenvalue weighted by Crippen LogP contribution is 2.31. The van der Waals surface area contributed by atoms with Crippen LogP contribution in [-0.2, 0) is 13.1 Å². The molecule has 0 atom stereocenters. The zero-order chi connectivity index (χ0) is 20.0. The smallest absolute Gasteiger partial charge is 0.254 e. The van der Waals surface area contributed by atoms with Gasteiger partial charge in [0.2, 0.25) is 0 Å². The quantitative estimate of drug-likeness (QED) is 0.449. The number of carbonyl (C=O) groups excluding carboxylic acids is 1. The van der Waals surface area contributed by atoms with Crippen LogP contribution in [0.15, 0.2) is 77.5 Å². The summed E-state index contributed by atoms with van der Waals surface area (Å²) in [7, 11) is 0. The summed E-state index contributed by atoms with van der Waals surface area (Å²) in [5.74, 6) is 1.01. The molecule has 0 radical (unpaired) electrons. The molecule has 144 valence electrons. The molecule has 1 aliphatic heterocycles. The maximum Gasteiger partial charge on any atom is 0.254 e. The minimum absolute atomic E-state index is 0.0241. The highest BCUT2D eigenvalue weighted by molar-refractivity contribution is 9.10. The fourth-order valence-corrected chi connectivity index (χ4v) is 4.07. The third-order valence-corrected chi connectivity index (χ3v) is 5.73. The maximum atomic E-state index is 13.0. The van der Waals surface area contributed by atoms with Gasteiger partial charge in [-0.05, 0) is 61.0 Å². The van der Waals surface area contributed by atoms with E-state index in [-0.39, 0.29) is 5.91 Å². The van der Waals surface area contributed by atoms with Crippen molar-refractivity contribution in [3.05, 3.63) is 99.9 Å². The zero-order valence-electron chi connectivity index (χ0n) is 15.9. The van der Waals surface area contributed by atoms with Gasteiger partial charge in [0.15, 0.2) is 0 Å². The molecule has 0 bridgehead atoms. The van der Waals surface area contributed by atoms with Crippen molar-refractivity contribution in [3.8, 4) is 11.5 Å². The molecule has 0 unspecified atom stereocenters. The van der Waals surface area contributed by atoms with Gasteiger partial charge in [-0.1, -0.05) is 28.1 Å². The molecule has 0 fully saturated rings. The van der Waals surface area contributed by atoms with E-state index in [1.54, 1.807) is 0 Å². The Labute approximate surface area is 177 Å². The van der Waals surface area contributed by atoms with E-state index in [4.69, 9.17) is 5.10 Å². The molecule has 0 spiro atoms. The van der Waals surface area contributed by atoms with Crippen LogP contribution >= 0.6 is 15.9 Å². The van der Waals surface area contributed by atoms with Gasteiger partial charge >= 0.3 is 0 Å². The van der Waals surface area contributed by atoms with E-state index in [1.165, 1.54) is 5.56 Å². The van der Waals surface area contributed by atoms with Crippen molar-refractivity contribution >= 4 is 21.8 Å². The van der Waals surface area contributed by atoms with E-state index < -0.39 is 0 Å². The number of nitrogens with zero attached hydrogens (tertiary/aromatic N) is 4. The molecule has 4 aromatic rings. The van der Waals surface area contributed by atoms with Crippen LogP contribution in [0.2, 0.25) is 0 Å². The average Bonchev–Trinajstić information content (AvgIpc) is 3.44. The number of amides is 1. The molecule has 3 heterocycles. The third kappa shape index (κ3) is 3.19. The van der Waals surface area contributed by atoms with Gasteiger partial charge in [-0.3, -0.25) is 4.79 Å². The average molecular weight is 447 g/mol. The third-order valence-electron chi connectivity index (χ3n) is 5.20. The highest BCUT2D eigenvalue weighted by atomic mass is 79.9. The Morgan fingerprint density at radius 1 is 1.00 bits per heavy atom.